The third-order valence-electron chi connectivity index (χ3n) is 5.47. The van der Waals surface area contributed by atoms with Gasteiger partial charge in [-0.2, -0.15) is 4.90 Å². The number of esters is 1. The van der Waals surface area contributed by atoms with Crippen LogP contribution in [-0.2, 0) is 16.1 Å². The average molecular weight is 564 g/mol. The van der Waals surface area contributed by atoms with E-state index in [1.165, 1.54) is 13.2 Å². The van der Waals surface area contributed by atoms with Crippen molar-refractivity contribution in [3.05, 3.63) is 83.4 Å². The number of ether oxygens (including phenoxy) is 5. The van der Waals surface area contributed by atoms with Crippen LogP contribution in [0, 0.1) is 6.92 Å². The van der Waals surface area contributed by atoms with Gasteiger partial charge in [0.25, 0.3) is 0 Å². The number of benzene rings is 3. The van der Waals surface area contributed by atoms with Crippen molar-refractivity contribution >= 4 is 23.8 Å². The number of para-hydroxylation sites is 1. The molecule has 0 bridgehead atoms. The molecule has 0 fully saturated rings. The number of anilines is 1. The Morgan fingerprint density at radius 1 is 0.780 bits per heavy atom. The Hall–Kier alpha value is -4.53. The minimum Gasteiger partial charge on any atom is -0.496 e. The first-order chi connectivity index (χ1) is 19.2. The lowest BCUT2D eigenvalue weighted by Gasteiger charge is -2.30. The van der Waals surface area contributed by atoms with Crippen LogP contribution < -0.4 is 19.1 Å². The molecular weight excluding hydrogens is 526 g/mol. The van der Waals surface area contributed by atoms with E-state index in [0.29, 0.717) is 16.2 Å². The predicted octanol–water partition coefficient (Wildman–Crippen LogP) is 7.48. The van der Waals surface area contributed by atoms with E-state index in [0.717, 1.165) is 5.56 Å². The number of carbonyl (C=O) groups excluding carboxylic acids is 3. The summed E-state index contributed by atoms with van der Waals surface area (Å²) in [6.45, 7) is 11.7. The van der Waals surface area contributed by atoms with E-state index in [4.69, 9.17) is 23.7 Å². The molecule has 0 aliphatic rings. The van der Waals surface area contributed by atoms with Gasteiger partial charge in [-0.15, -0.1) is 0 Å². The van der Waals surface area contributed by atoms with Gasteiger partial charge in [0, 0.05) is 11.6 Å². The predicted molar refractivity (Wildman–Crippen MR) is 155 cm³/mol. The summed E-state index contributed by atoms with van der Waals surface area (Å²) in [7, 11) is 1.41. The van der Waals surface area contributed by atoms with Crippen LogP contribution in [0.2, 0.25) is 0 Å². The Balaban J connectivity index is 2.27. The Kier molecular flexibility index (Phi) is 9.65. The molecule has 0 aliphatic carbocycles. The fourth-order valence-electron chi connectivity index (χ4n) is 3.75. The van der Waals surface area contributed by atoms with Crippen molar-refractivity contribution in [2.24, 2.45) is 0 Å². The van der Waals surface area contributed by atoms with Crippen molar-refractivity contribution in [1.29, 1.82) is 0 Å². The molecule has 0 radical (unpaired) electrons. The zero-order chi connectivity index (χ0) is 30.4. The highest BCUT2D eigenvalue weighted by Crippen LogP contribution is 2.42. The summed E-state index contributed by atoms with van der Waals surface area (Å²) in [5.41, 5.74) is -0.870. The Labute approximate surface area is 240 Å². The van der Waals surface area contributed by atoms with Crippen molar-refractivity contribution in [3.63, 3.8) is 0 Å². The molecular formula is C32H37NO8. The zero-order valence-corrected chi connectivity index (χ0v) is 24.8. The van der Waals surface area contributed by atoms with Gasteiger partial charge < -0.3 is 23.7 Å². The first-order valence-corrected chi connectivity index (χ1v) is 13.1. The van der Waals surface area contributed by atoms with Gasteiger partial charge in [-0.3, -0.25) is 0 Å². The van der Waals surface area contributed by atoms with E-state index >= 15 is 0 Å². The smallest absolute Gasteiger partial charge is 0.424 e. The van der Waals surface area contributed by atoms with Gasteiger partial charge in [0.1, 0.15) is 40.6 Å². The second-order valence-corrected chi connectivity index (χ2v) is 11.2. The van der Waals surface area contributed by atoms with Crippen LogP contribution in [0.4, 0.5) is 15.3 Å². The summed E-state index contributed by atoms with van der Waals surface area (Å²) < 4.78 is 28.6. The Morgan fingerprint density at radius 2 is 1.29 bits per heavy atom. The maximum atomic E-state index is 13.7. The number of imide groups is 1. The summed E-state index contributed by atoms with van der Waals surface area (Å²) in [5, 5.41) is 0. The van der Waals surface area contributed by atoms with Crippen LogP contribution in [0.15, 0.2) is 66.7 Å². The van der Waals surface area contributed by atoms with Crippen LogP contribution in [-0.4, -0.2) is 36.5 Å². The fourth-order valence-corrected chi connectivity index (χ4v) is 3.75. The molecule has 0 saturated carbocycles. The maximum Gasteiger partial charge on any atom is 0.424 e. The summed E-state index contributed by atoms with van der Waals surface area (Å²) in [5.74, 6) is -0.342. The number of amides is 2. The first-order valence-electron chi connectivity index (χ1n) is 13.1. The fraction of sp³-hybridized carbons (Fsp3) is 0.344. The molecule has 9 nitrogen and oxygen atoms in total. The second kappa shape index (κ2) is 12.8. The van der Waals surface area contributed by atoms with Crippen molar-refractivity contribution in [2.75, 3.05) is 12.0 Å². The molecule has 9 heteroatoms. The topological polar surface area (TPSA) is 101 Å². The molecule has 3 aromatic rings. The van der Waals surface area contributed by atoms with E-state index in [-0.39, 0.29) is 29.4 Å². The number of methoxy groups -OCH3 is 1. The molecule has 0 N–H and O–H groups in total. The van der Waals surface area contributed by atoms with Gasteiger partial charge in [-0.05, 0) is 66.2 Å². The lowest BCUT2D eigenvalue weighted by atomic mass is 10.0. The average Bonchev–Trinajstić information content (AvgIpc) is 2.87. The molecule has 218 valence electrons. The molecule has 41 heavy (non-hydrogen) atoms. The molecule has 0 aliphatic heterocycles. The van der Waals surface area contributed by atoms with Crippen LogP contribution in [0.5, 0.6) is 17.2 Å². The van der Waals surface area contributed by atoms with E-state index in [9.17, 15) is 14.4 Å². The van der Waals surface area contributed by atoms with Crippen molar-refractivity contribution in [3.8, 4) is 17.2 Å². The first kappa shape index (κ1) is 31.0. The van der Waals surface area contributed by atoms with E-state index in [1.807, 2.05) is 30.3 Å². The highest BCUT2D eigenvalue weighted by Gasteiger charge is 2.38. The molecule has 3 aromatic carbocycles. The van der Waals surface area contributed by atoms with Crippen LogP contribution in [0.1, 0.15) is 63.0 Å². The summed E-state index contributed by atoms with van der Waals surface area (Å²) in [4.78, 5) is 41.5. The van der Waals surface area contributed by atoms with Crippen molar-refractivity contribution < 1.29 is 38.1 Å². The second-order valence-electron chi connectivity index (χ2n) is 11.2. The number of nitrogens with zero attached hydrogens (tertiary/aromatic N) is 1. The summed E-state index contributed by atoms with van der Waals surface area (Å²) >= 11 is 0. The third-order valence-corrected chi connectivity index (χ3v) is 5.47. The molecule has 0 aromatic heterocycles. The Bertz CT molecular complexity index is 1340. The largest absolute Gasteiger partial charge is 0.496 e. The third kappa shape index (κ3) is 8.48. The van der Waals surface area contributed by atoms with Gasteiger partial charge in [0.05, 0.1) is 7.11 Å². The highest BCUT2D eigenvalue weighted by molar-refractivity contribution is 6.12. The van der Waals surface area contributed by atoms with E-state index in [1.54, 1.807) is 78.8 Å². The number of hydrogen-bond donors (Lipinski definition) is 0. The SMILES string of the molecule is COc1cc(N(C(=O)OC(C)(C)C)C(=O)OC(C)(C)C)c(OCc2ccccc2)c(C(=O)Oc2ccccc2)c1C. The van der Waals surface area contributed by atoms with Gasteiger partial charge in [0.15, 0.2) is 5.75 Å². The van der Waals surface area contributed by atoms with Crippen LogP contribution in [0.25, 0.3) is 0 Å². The molecule has 0 saturated heterocycles. The molecule has 0 unspecified atom stereocenters. The van der Waals surface area contributed by atoms with E-state index in [2.05, 4.69) is 0 Å². The lowest BCUT2D eigenvalue weighted by molar-refractivity contribution is 0.0427. The minimum atomic E-state index is -1.02. The van der Waals surface area contributed by atoms with Crippen molar-refractivity contribution in [2.45, 2.75) is 66.3 Å². The van der Waals surface area contributed by atoms with Crippen LogP contribution >= 0.6 is 0 Å². The quantitative estimate of drug-likeness (QED) is 0.215. The molecule has 0 heterocycles. The van der Waals surface area contributed by atoms with Crippen LogP contribution in [0.3, 0.4) is 0 Å². The van der Waals surface area contributed by atoms with Gasteiger partial charge in [0.2, 0.25) is 0 Å². The molecule has 2 amide bonds. The van der Waals surface area contributed by atoms with Gasteiger partial charge in [-0.1, -0.05) is 48.5 Å². The van der Waals surface area contributed by atoms with E-state index < -0.39 is 29.4 Å². The molecule has 3 rings (SSSR count). The molecule has 0 spiro atoms. The zero-order valence-electron chi connectivity index (χ0n) is 24.8. The summed E-state index contributed by atoms with van der Waals surface area (Å²) in [6.07, 6.45) is -2.05. The standard InChI is InChI=1S/C32H37NO8/c1-21-25(37-8)19-24(33(29(35)40-31(2,3)4)30(36)41-32(5,6)7)27(38-20-22-15-11-9-12-16-22)26(21)28(34)39-23-17-13-10-14-18-23/h9-19H,20H2,1-8H3. The number of hydrogen-bond acceptors (Lipinski definition) is 8. The van der Waals surface area contributed by atoms with Gasteiger partial charge in [-0.25, -0.2) is 14.4 Å². The monoisotopic (exact) mass is 563 g/mol. The molecule has 0 atom stereocenters. The number of rotatable bonds is 7. The summed E-state index contributed by atoms with van der Waals surface area (Å²) in [6, 6.07) is 19.2. The highest BCUT2D eigenvalue weighted by atomic mass is 16.6. The van der Waals surface area contributed by atoms with Gasteiger partial charge >= 0.3 is 18.2 Å². The lowest BCUT2D eigenvalue weighted by Crippen LogP contribution is -2.44. The number of carbonyl (C=O) groups is 3. The minimum absolute atomic E-state index is 0.0156. The Morgan fingerprint density at radius 3 is 1.78 bits per heavy atom. The maximum absolute atomic E-state index is 13.7. The normalized spacial score (nSPS) is 11.3. The van der Waals surface area contributed by atoms with Crippen molar-refractivity contribution in [1.82, 2.24) is 0 Å².